The van der Waals surface area contributed by atoms with Gasteiger partial charge in [0.15, 0.2) is 11.6 Å². The van der Waals surface area contributed by atoms with Gasteiger partial charge < -0.3 is 15.7 Å². The second-order valence-electron chi connectivity index (χ2n) is 6.78. The van der Waals surface area contributed by atoms with E-state index in [4.69, 9.17) is 0 Å². The lowest BCUT2D eigenvalue weighted by atomic mass is 10.0. The van der Waals surface area contributed by atoms with Gasteiger partial charge in [0.2, 0.25) is 11.8 Å². The largest absolute Gasteiger partial charge is 0.394 e. The Bertz CT molecular complexity index is 652. The topological polar surface area (TPSA) is 81.7 Å². The van der Waals surface area contributed by atoms with Crippen LogP contribution in [0.5, 0.6) is 0 Å². The Labute approximate surface area is 145 Å². The van der Waals surface area contributed by atoms with Crippen LogP contribution in [0.4, 0.5) is 8.78 Å². The number of benzene rings is 1. The first-order valence-corrected chi connectivity index (χ1v) is 8.10. The maximum atomic E-state index is 13.9. The van der Waals surface area contributed by atoms with Crippen LogP contribution >= 0.6 is 0 Å². The van der Waals surface area contributed by atoms with Crippen molar-refractivity contribution in [2.45, 2.75) is 38.4 Å². The minimum atomic E-state index is -0.946. The molecule has 0 aliphatic carbocycles. The molecular weight excluding hydrogens is 332 g/mol. The highest BCUT2D eigenvalue weighted by Crippen LogP contribution is 2.18. The van der Waals surface area contributed by atoms with Crippen LogP contribution in [0.25, 0.3) is 0 Å². The summed E-state index contributed by atoms with van der Waals surface area (Å²) in [6.45, 7) is 3.89. The van der Waals surface area contributed by atoms with Gasteiger partial charge in [-0.3, -0.25) is 14.5 Å². The number of nitrogens with one attached hydrogen (secondary N) is 2. The molecule has 1 atom stereocenters. The van der Waals surface area contributed by atoms with Crippen molar-refractivity contribution in [3.8, 4) is 0 Å². The summed E-state index contributed by atoms with van der Waals surface area (Å²) in [5.41, 5.74) is -0.669. The average molecular weight is 355 g/mol. The summed E-state index contributed by atoms with van der Waals surface area (Å²) < 4.78 is 27.3. The van der Waals surface area contributed by atoms with Gasteiger partial charge in [0.25, 0.3) is 0 Å². The zero-order chi connectivity index (χ0) is 18.6. The summed E-state index contributed by atoms with van der Waals surface area (Å²) in [5.74, 6) is -2.62. The highest BCUT2D eigenvalue weighted by Gasteiger charge is 2.33. The van der Waals surface area contributed by atoms with Crippen LogP contribution < -0.4 is 10.6 Å². The number of nitrogens with zero attached hydrogens (tertiary/aromatic N) is 1. The molecule has 2 rings (SSSR count). The van der Waals surface area contributed by atoms with Crippen LogP contribution in [-0.4, -0.2) is 53.1 Å². The van der Waals surface area contributed by atoms with Gasteiger partial charge in [-0.15, -0.1) is 0 Å². The molecule has 138 valence electrons. The fourth-order valence-electron chi connectivity index (χ4n) is 2.71. The Hall–Kier alpha value is -2.06. The van der Waals surface area contributed by atoms with Gasteiger partial charge in [0.1, 0.15) is 0 Å². The minimum Gasteiger partial charge on any atom is -0.394 e. The third kappa shape index (κ3) is 4.96. The number of amides is 2. The molecule has 0 unspecified atom stereocenters. The van der Waals surface area contributed by atoms with Gasteiger partial charge >= 0.3 is 0 Å². The Morgan fingerprint density at radius 3 is 2.84 bits per heavy atom. The van der Waals surface area contributed by atoms with E-state index in [1.807, 2.05) is 0 Å². The van der Waals surface area contributed by atoms with Gasteiger partial charge in [0.05, 0.1) is 24.6 Å². The van der Waals surface area contributed by atoms with Crippen molar-refractivity contribution in [3.05, 3.63) is 35.4 Å². The SMILES string of the molecule is CC(C)(CO)NC(=O)C[C@H]1C(=O)NCCN1Cc1cccc(F)c1F. The molecule has 6 nitrogen and oxygen atoms in total. The van der Waals surface area contributed by atoms with E-state index in [0.29, 0.717) is 13.1 Å². The summed E-state index contributed by atoms with van der Waals surface area (Å²) in [6, 6.07) is 3.11. The van der Waals surface area contributed by atoms with Crippen LogP contribution in [0.1, 0.15) is 25.8 Å². The predicted octanol–water partition coefficient (Wildman–Crippen LogP) is 0.542. The number of halogens is 2. The lowest BCUT2D eigenvalue weighted by molar-refractivity contribution is -0.135. The molecule has 0 radical (unpaired) electrons. The quantitative estimate of drug-likeness (QED) is 0.696. The minimum absolute atomic E-state index is 0.0261. The molecule has 1 aliphatic rings. The van der Waals surface area contributed by atoms with E-state index in [2.05, 4.69) is 10.6 Å². The van der Waals surface area contributed by atoms with Crippen molar-refractivity contribution in [2.24, 2.45) is 0 Å². The highest BCUT2D eigenvalue weighted by molar-refractivity contribution is 5.89. The fourth-order valence-corrected chi connectivity index (χ4v) is 2.71. The summed E-state index contributed by atoms with van der Waals surface area (Å²) in [7, 11) is 0. The van der Waals surface area contributed by atoms with Crippen molar-refractivity contribution >= 4 is 11.8 Å². The predicted molar refractivity (Wildman–Crippen MR) is 87.5 cm³/mol. The van der Waals surface area contributed by atoms with Gasteiger partial charge in [-0.25, -0.2) is 8.78 Å². The highest BCUT2D eigenvalue weighted by atomic mass is 19.2. The maximum Gasteiger partial charge on any atom is 0.237 e. The molecule has 1 aliphatic heterocycles. The van der Waals surface area contributed by atoms with Crippen molar-refractivity contribution < 1.29 is 23.5 Å². The van der Waals surface area contributed by atoms with E-state index in [1.54, 1.807) is 18.7 Å². The third-order valence-electron chi connectivity index (χ3n) is 4.10. The number of piperazine rings is 1. The Morgan fingerprint density at radius 1 is 1.44 bits per heavy atom. The Kier molecular flexibility index (Phi) is 6.07. The lowest BCUT2D eigenvalue weighted by Crippen LogP contribution is -2.57. The molecule has 1 aromatic rings. The third-order valence-corrected chi connectivity index (χ3v) is 4.10. The van der Waals surface area contributed by atoms with E-state index in [-0.39, 0.29) is 31.0 Å². The number of carbonyl (C=O) groups excluding carboxylic acids is 2. The van der Waals surface area contributed by atoms with Crippen molar-refractivity contribution in [3.63, 3.8) is 0 Å². The zero-order valence-electron chi connectivity index (χ0n) is 14.3. The molecular formula is C17H23F2N3O3. The molecule has 8 heteroatoms. The molecule has 1 heterocycles. The van der Waals surface area contributed by atoms with E-state index in [0.717, 1.165) is 6.07 Å². The molecule has 0 spiro atoms. The summed E-state index contributed by atoms with van der Waals surface area (Å²) in [6.07, 6.45) is -0.133. The first-order chi connectivity index (χ1) is 11.7. The summed E-state index contributed by atoms with van der Waals surface area (Å²) >= 11 is 0. The molecule has 3 N–H and O–H groups in total. The monoisotopic (exact) mass is 355 g/mol. The number of aliphatic hydroxyl groups excluding tert-OH is 1. The smallest absolute Gasteiger partial charge is 0.237 e. The van der Waals surface area contributed by atoms with Crippen LogP contribution in [0.15, 0.2) is 18.2 Å². The Balaban J connectivity index is 2.11. The number of hydrogen-bond donors (Lipinski definition) is 3. The van der Waals surface area contributed by atoms with E-state index >= 15 is 0 Å². The van der Waals surface area contributed by atoms with E-state index in [9.17, 15) is 23.5 Å². The van der Waals surface area contributed by atoms with Crippen LogP contribution in [0.2, 0.25) is 0 Å². The van der Waals surface area contributed by atoms with Gasteiger partial charge in [-0.2, -0.15) is 0 Å². The van der Waals surface area contributed by atoms with Crippen LogP contribution in [0.3, 0.4) is 0 Å². The molecule has 1 fully saturated rings. The molecule has 2 amide bonds. The first-order valence-electron chi connectivity index (χ1n) is 8.10. The van der Waals surface area contributed by atoms with Crippen molar-refractivity contribution in [2.75, 3.05) is 19.7 Å². The number of aliphatic hydroxyl groups is 1. The normalized spacial score (nSPS) is 18.8. The molecule has 0 aromatic heterocycles. The standard InChI is InChI=1S/C17H23F2N3O3/c1-17(2,10-23)21-14(24)8-13-16(25)20-6-7-22(13)9-11-4-3-5-12(18)15(11)19/h3-5,13,23H,6-10H2,1-2H3,(H,20,25)(H,21,24)/t13-/m0/s1. The molecule has 25 heavy (non-hydrogen) atoms. The molecule has 0 bridgehead atoms. The zero-order valence-corrected chi connectivity index (χ0v) is 14.3. The fraction of sp³-hybridized carbons (Fsp3) is 0.529. The molecule has 1 aromatic carbocycles. The van der Waals surface area contributed by atoms with Gasteiger partial charge in [-0.05, 0) is 19.9 Å². The number of hydrogen-bond acceptors (Lipinski definition) is 4. The van der Waals surface area contributed by atoms with Crippen molar-refractivity contribution in [1.29, 1.82) is 0 Å². The first kappa shape index (κ1) is 19.3. The van der Waals surface area contributed by atoms with E-state index in [1.165, 1.54) is 12.1 Å². The second-order valence-corrected chi connectivity index (χ2v) is 6.78. The average Bonchev–Trinajstić information content (AvgIpc) is 2.54. The molecule has 0 saturated carbocycles. The van der Waals surface area contributed by atoms with Gasteiger partial charge in [0, 0.05) is 25.2 Å². The van der Waals surface area contributed by atoms with E-state index < -0.39 is 29.1 Å². The summed E-state index contributed by atoms with van der Waals surface area (Å²) in [4.78, 5) is 26.0. The lowest BCUT2D eigenvalue weighted by Gasteiger charge is -2.35. The Morgan fingerprint density at radius 2 is 2.16 bits per heavy atom. The molecule has 1 saturated heterocycles. The van der Waals surface area contributed by atoms with Crippen molar-refractivity contribution in [1.82, 2.24) is 15.5 Å². The second kappa shape index (κ2) is 7.88. The van der Waals surface area contributed by atoms with Crippen LogP contribution in [0, 0.1) is 11.6 Å². The number of rotatable bonds is 6. The van der Waals surface area contributed by atoms with Crippen LogP contribution in [-0.2, 0) is 16.1 Å². The maximum absolute atomic E-state index is 13.9. The van der Waals surface area contributed by atoms with Gasteiger partial charge in [-0.1, -0.05) is 12.1 Å². The number of carbonyl (C=O) groups is 2. The summed E-state index contributed by atoms with van der Waals surface area (Å²) in [5, 5.41) is 14.5.